The standard InChI is InChI=1S/C12H20F3NO2/c1-3-10(2,9-17)8-16-6-4-11(18,5-7-16)12(13,14)15/h9,18H,3-8H2,1-2H3. The predicted octanol–water partition coefficient (Wildman–Crippen LogP) is 1.99. The van der Waals surface area contributed by atoms with Crippen LogP contribution in [-0.2, 0) is 4.79 Å². The smallest absolute Gasteiger partial charge is 0.380 e. The molecule has 1 aliphatic rings. The number of aliphatic hydroxyl groups is 1. The molecule has 106 valence electrons. The van der Waals surface area contributed by atoms with Gasteiger partial charge in [0.2, 0.25) is 0 Å². The van der Waals surface area contributed by atoms with Crippen LogP contribution in [0.2, 0.25) is 0 Å². The van der Waals surface area contributed by atoms with Gasteiger partial charge in [0.1, 0.15) is 6.29 Å². The van der Waals surface area contributed by atoms with Crippen molar-refractivity contribution >= 4 is 6.29 Å². The summed E-state index contributed by atoms with van der Waals surface area (Å²) in [4.78, 5) is 12.8. The Morgan fingerprint density at radius 2 is 1.83 bits per heavy atom. The van der Waals surface area contributed by atoms with Crippen LogP contribution in [0, 0.1) is 5.41 Å². The third-order valence-electron chi connectivity index (χ3n) is 3.89. The lowest BCUT2D eigenvalue weighted by Crippen LogP contribution is -2.54. The van der Waals surface area contributed by atoms with Crippen molar-refractivity contribution in [2.75, 3.05) is 19.6 Å². The average Bonchev–Trinajstić information content (AvgIpc) is 2.31. The lowest BCUT2D eigenvalue weighted by atomic mass is 9.86. The number of carbonyl (C=O) groups excluding carboxylic acids is 1. The first kappa shape index (κ1) is 15.4. The van der Waals surface area contributed by atoms with Gasteiger partial charge in [-0.15, -0.1) is 0 Å². The zero-order chi connectivity index (χ0) is 14.0. The van der Waals surface area contributed by atoms with E-state index in [9.17, 15) is 23.1 Å². The maximum Gasteiger partial charge on any atom is 0.417 e. The summed E-state index contributed by atoms with van der Waals surface area (Å²) in [7, 11) is 0. The summed E-state index contributed by atoms with van der Waals surface area (Å²) in [6, 6.07) is 0. The summed E-state index contributed by atoms with van der Waals surface area (Å²) in [5.74, 6) is 0. The van der Waals surface area contributed by atoms with Crippen LogP contribution in [0.3, 0.4) is 0 Å². The van der Waals surface area contributed by atoms with E-state index in [4.69, 9.17) is 0 Å². The van der Waals surface area contributed by atoms with E-state index >= 15 is 0 Å². The van der Waals surface area contributed by atoms with E-state index in [1.165, 1.54) is 0 Å². The molecule has 18 heavy (non-hydrogen) atoms. The van der Waals surface area contributed by atoms with E-state index in [1.54, 1.807) is 6.92 Å². The molecular formula is C12H20F3NO2. The Hall–Kier alpha value is -0.620. The van der Waals surface area contributed by atoms with Crippen molar-refractivity contribution in [1.29, 1.82) is 0 Å². The third kappa shape index (κ3) is 3.23. The minimum atomic E-state index is -4.57. The molecule has 1 heterocycles. The molecule has 0 amide bonds. The van der Waals surface area contributed by atoms with Crippen molar-refractivity contribution in [2.45, 2.75) is 44.9 Å². The van der Waals surface area contributed by atoms with Crippen LogP contribution in [-0.4, -0.2) is 47.7 Å². The SMILES string of the molecule is CCC(C)(C=O)CN1CCC(O)(C(F)(F)F)CC1. The van der Waals surface area contributed by atoms with Crippen LogP contribution >= 0.6 is 0 Å². The molecule has 0 radical (unpaired) electrons. The van der Waals surface area contributed by atoms with Crippen LogP contribution in [0.1, 0.15) is 33.1 Å². The summed E-state index contributed by atoms with van der Waals surface area (Å²) in [5.41, 5.74) is -3.08. The van der Waals surface area contributed by atoms with E-state index in [-0.39, 0.29) is 25.9 Å². The number of likely N-dealkylation sites (tertiary alicyclic amines) is 1. The fraction of sp³-hybridized carbons (Fsp3) is 0.917. The van der Waals surface area contributed by atoms with E-state index in [1.807, 2.05) is 11.8 Å². The molecule has 1 rings (SSSR count). The quantitative estimate of drug-likeness (QED) is 0.792. The Morgan fingerprint density at radius 3 is 2.17 bits per heavy atom. The third-order valence-corrected chi connectivity index (χ3v) is 3.89. The average molecular weight is 267 g/mol. The molecule has 0 aromatic carbocycles. The second-order valence-corrected chi connectivity index (χ2v) is 5.43. The minimum Gasteiger partial charge on any atom is -0.380 e. The lowest BCUT2D eigenvalue weighted by Gasteiger charge is -2.41. The van der Waals surface area contributed by atoms with Crippen molar-refractivity contribution in [2.24, 2.45) is 5.41 Å². The molecule has 0 aromatic rings. The molecule has 1 fully saturated rings. The number of hydrogen-bond acceptors (Lipinski definition) is 3. The summed E-state index contributed by atoms with van der Waals surface area (Å²) in [5, 5.41) is 9.52. The number of aldehydes is 1. The lowest BCUT2D eigenvalue weighted by molar-refractivity contribution is -0.273. The van der Waals surface area contributed by atoms with Gasteiger partial charge in [-0.25, -0.2) is 0 Å². The highest BCUT2D eigenvalue weighted by molar-refractivity contribution is 5.58. The van der Waals surface area contributed by atoms with Crippen LogP contribution < -0.4 is 0 Å². The van der Waals surface area contributed by atoms with Gasteiger partial charge in [-0.05, 0) is 19.3 Å². The van der Waals surface area contributed by atoms with Crippen LogP contribution in [0.25, 0.3) is 0 Å². The molecule has 0 aromatic heterocycles. The number of halogens is 3. The molecule has 1 aliphatic heterocycles. The maximum atomic E-state index is 12.6. The molecular weight excluding hydrogens is 247 g/mol. The maximum absolute atomic E-state index is 12.6. The van der Waals surface area contributed by atoms with Crippen molar-refractivity contribution in [3.8, 4) is 0 Å². The van der Waals surface area contributed by atoms with Gasteiger partial charge in [0.15, 0.2) is 5.60 Å². The van der Waals surface area contributed by atoms with Gasteiger partial charge in [0, 0.05) is 25.0 Å². The molecule has 0 saturated carbocycles. The van der Waals surface area contributed by atoms with Gasteiger partial charge in [0.25, 0.3) is 0 Å². The van der Waals surface area contributed by atoms with Gasteiger partial charge in [-0.3, -0.25) is 0 Å². The zero-order valence-corrected chi connectivity index (χ0v) is 10.8. The first-order valence-corrected chi connectivity index (χ1v) is 6.13. The van der Waals surface area contributed by atoms with Crippen LogP contribution in [0.4, 0.5) is 13.2 Å². The Balaban J connectivity index is 2.57. The Labute approximate surface area is 105 Å². The second-order valence-electron chi connectivity index (χ2n) is 5.43. The van der Waals surface area contributed by atoms with Gasteiger partial charge in [0.05, 0.1) is 0 Å². The van der Waals surface area contributed by atoms with Gasteiger partial charge in [-0.2, -0.15) is 13.2 Å². The number of rotatable bonds is 4. The minimum absolute atomic E-state index is 0.166. The van der Waals surface area contributed by atoms with Crippen molar-refractivity contribution in [1.82, 2.24) is 4.90 Å². The second kappa shape index (κ2) is 5.17. The van der Waals surface area contributed by atoms with E-state index in [2.05, 4.69) is 0 Å². The molecule has 3 nitrogen and oxygen atoms in total. The molecule has 0 aliphatic carbocycles. The highest BCUT2D eigenvalue weighted by Gasteiger charge is 2.54. The number of alkyl halides is 3. The Bertz CT molecular complexity index is 298. The summed E-state index contributed by atoms with van der Waals surface area (Å²) in [6.45, 7) is 4.45. The van der Waals surface area contributed by atoms with Crippen LogP contribution in [0.5, 0.6) is 0 Å². The topological polar surface area (TPSA) is 40.5 Å². The Morgan fingerprint density at radius 1 is 1.33 bits per heavy atom. The number of carbonyl (C=O) groups is 1. The molecule has 0 spiro atoms. The van der Waals surface area contributed by atoms with Gasteiger partial charge in [-0.1, -0.05) is 13.8 Å². The zero-order valence-electron chi connectivity index (χ0n) is 10.8. The van der Waals surface area contributed by atoms with E-state index in [0.29, 0.717) is 13.0 Å². The monoisotopic (exact) mass is 267 g/mol. The summed E-state index contributed by atoms with van der Waals surface area (Å²) < 4.78 is 37.8. The fourth-order valence-electron chi connectivity index (χ4n) is 2.11. The van der Waals surface area contributed by atoms with Gasteiger partial charge < -0.3 is 14.8 Å². The summed E-state index contributed by atoms with van der Waals surface area (Å²) in [6.07, 6.45) is -3.71. The first-order chi connectivity index (χ1) is 8.16. The highest BCUT2D eigenvalue weighted by atomic mass is 19.4. The van der Waals surface area contributed by atoms with E-state index < -0.39 is 17.2 Å². The number of hydrogen-bond donors (Lipinski definition) is 1. The molecule has 0 bridgehead atoms. The predicted molar refractivity (Wildman–Crippen MR) is 61.1 cm³/mol. The molecule has 1 atom stereocenters. The Kier molecular flexibility index (Phi) is 4.43. The number of piperidine rings is 1. The fourth-order valence-corrected chi connectivity index (χ4v) is 2.11. The molecule has 1 N–H and O–H groups in total. The van der Waals surface area contributed by atoms with Gasteiger partial charge >= 0.3 is 6.18 Å². The molecule has 1 saturated heterocycles. The normalized spacial score (nSPS) is 24.6. The molecule has 1 unspecified atom stereocenters. The van der Waals surface area contributed by atoms with Crippen molar-refractivity contribution < 1.29 is 23.1 Å². The first-order valence-electron chi connectivity index (χ1n) is 6.13. The van der Waals surface area contributed by atoms with Crippen molar-refractivity contribution in [3.63, 3.8) is 0 Å². The van der Waals surface area contributed by atoms with Crippen molar-refractivity contribution in [3.05, 3.63) is 0 Å². The highest BCUT2D eigenvalue weighted by Crippen LogP contribution is 2.38. The van der Waals surface area contributed by atoms with Crippen LogP contribution in [0.15, 0.2) is 0 Å². The molecule has 6 heteroatoms. The number of nitrogens with zero attached hydrogens (tertiary/aromatic N) is 1. The summed E-state index contributed by atoms with van der Waals surface area (Å²) >= 11 is 0. The largest absolute Gasteiger partial charge is 0.417 e. The van der Waals surface area contributed by atoms with E-state index in [0.717, 1.165) is 6.29 Å².